The van der Waals surface area contributed by atoms with Crippen molar-refractivity contribution in [2.24, 2.45) is 0 Å². The van der Waals surface area contributed by atoms with Crippen LogP contribution in [0, 0.1) is 0 Å². The molecule has 0 aliphatic carbocycles. The Labute approximate surface area is 112 Å². The van der Waals surface area contributed by atoms with Gasteiger partial charge in [0.2, 0.25) is 0 Å². The summed E-state index contributed by atoms with van der Waals surface area (Å²) in [6.07, 6.45) is -6.90. The van der Waals surface area contributed by atoms with Crippen LogP contribution in [-0.2, 0) is 9.47 Å². The van der Waals surface area contributed by atoms with Crippen molar-refractivity contribution in [1.82, 2.24) is 0 Å². The standard InChI is InChI=1S/C11H9Cl2F3O2/c12-8-3-1-2-7(9(8)13)10(11(14,15)16)18-5-6-4-17-6/h1-3,6,10H,4-5H2/t6-,10-/m1/s1. The molecule has 0 spiro atoms. The van der Waals surface area contributed by atoms with Crippen LogP contribution in [0.3, 0.4) is 0 Å². The quantitative estimate of drug-likeness (QED) is 0.784. The van der Waals surface area contributed by atoms with Gasteiger partial charge in [-0.25, -0.2) is 0 Å². The molecule has 2 atom stereocenters. The minimum absolute atomic E-state index is 0.0645. The van der Waals surface area contributed by atoms with Gasteiger partial charge in [-0.2, -0.15) is 13.2 Å². The first kappa shape index (κ1) is 13.9. The molecule has 0 saturated carbocycles. The second kappa shape index (κ2) is 5.25. The minimum Gasteiger partial charge on any atom is -0.371 e. The molecule has 1 heterocycles. The molecule has 7 heteroatoms. The van der Waals surface area contributed by atoms with E-state index in [0.717, 1.165) is 0 Å². The fourth-order valence-electron chi connectivity index (χ4n) is 1.45. The SMILES string of the molecule is FC(F)(F)[C@H](OC[C@H]1CO1)c1cccc(Cl)c1Cl. The third-order valence-corrected chi connectivity index (χ3v) is 3.25. The maximum Gasteiger partial charge on any atom is 0.418 e. The number of ether oxygens (including phenoxy) is 2. The number of hydrogen-bond acceptors (Lipinski definition) is 2. The van der Waals surface area contributed by atoms with Gasteiger partial charge in [0, 0.05) is 5.56 Å². The molecular formula is C11H9Cl2F3O2. The molecule has 0 bridgehead atoms. The van der Waals surface area contributed by atoms with Gasteiger partial charge in [-0.15, -0.1) is 0 Å². The van der Waals surface area contributed by atoms with Gasteiger partial charge in [0.05, 0.1) is 23.3 Å². The summed E-state index contributed by atoms with van der Waals surface area (Å²) in [5, 5.41) is -0.0760. The summed E-state index contributed by atoms with van der Waals surface area (Å²) >= 11 is 11.5. The van der Waals surface area contributed by atoms with Gasteiger partial charge >= 0.3 is 6.18 Å². The molecular weight excluding hydrogens is 292 g/mol. The van der Waals surface area contributed by atoms with Crippen molar-refractivity contribution in [2.45, 2.75) is 18.4 Å². The highest BCUT2D eigenvalue weighted by molar-refractivity contribution is 6.42. The summed E-state index contributed by atoms with van der Waals surface area (Å²) in [7, 11) is 0. The van der Waals surface area contributed by atoms with Crippen LogP contribution in [0.5, 0.6) is 0 Å². The molecule has 1 aliphatic heterocycles. The summed E-state index contributed by atoms with van der Waals surface area (Å²) in [5.41, 5.74) is -0.183. The fourth-order valence-corrected chi connectivity index (χ4v) is 1.86. The van der Waals surface area contributed by atoms with Crippen LogP contribution in [0.4, 0.5) is 13.2 Å². The number of alkyl halides is 3. The van der Waals surface area contributed by atoms with Gasteiger partial charge in [-0.1, -0.05) is 35.3 Å². The number of hydrogen-bond donors (Lipinski definition) is 0. The minimum atomic E-state index is -4.55. The van der Waals surface area contributed by atoms with Gasteiger partial charge < -0.3 is 9.47 Å². The van der Waals surface area contributed by atoms with Crippen LogP contribution >= 0.6 is 23.2 Å². The van der Waals surface area contributed by atoms with Crippen molar-refractivity contribution >= 4 is 23.2 Å². The van der Waals surface area contributed by atoms with Crippen LogP contribution in [0.1, 0.15) is 11.7 Å². The van der Waals surface area contributed by atoms with Crippen LogP contribution < -0.4 is 0 Å². The van der Waals surface area contributed by atoms with Gasteiger partial charge in [0.25, 0.3) is 0 Å². The molecule has 2 nitrogen and oxygen atoms in total. The first-order valence-electron chi connectivity index (χ1n) is 5.13. The zero-order valence-electron chi connectivity index (χ0n) is 9.01. The lowest BCUT2D eigenvalue weighted by Crippen LogP contribution is -2.25. The molecule has 2 rings (SSSR count). The van der Waals surface area contributed by atoms with Crippen molar-refractivity contribution in [1.29, 1.82) is 0 Å². The zero-order chi connectivity index (χ0) is 13.3. The average molecular weight is 301 g/mol. The Hall–Kier alpha value is -0.490. The monoisotopic (exact) mass is 300 g/mol. The number of benzene rings is 1. The molecule has 1 fully saturated rings. The summed E-state index contributed by atoms with van der Waals surface area (Å²) < 4.78 is 48.4. The molecule has 1 aromatic carbocycles. The summed E-state index contributed by atoms with van der Waals surface area (Å²) in [6, 6.07) is 4.07. The van der Waals surface area contributed by atoms with E-state index in [1.807, 2.05) is 0 Å². The Kier molecular flexibility index (Phi) is 4.06. The van der Waals surface area contributed by atoms with Crippen molar-refractivity contribution in [3.63, 3.8) is 0 Å². The Morgan fingerprint density at radius 3 is 2.61 bits per heavy atom. The molecule has 0 aromatic heterocycles. The first-order valence-corrected chi connectivity index (χ1v) is 5.89. The van der Waals surface area contributed by atoms with Crippen molar-refractivity contribution in [3.8, 4) is 0 Å². The highest BCUT2D eigenvalue weighted by atomic mass is 35.5. The molecule has 0 unspecified atom stereocenters. The Balaban J connectivity index is 2.23. The summed E-state index contributed by atoms with van der Waals surface area (Å²) in [4.78, 5) is 0. The normalized spacial score (nSPS) is 20.8. The molecule has 100 valence electrons. The molecule has 1 saturated heterocycles. The first-order chi connectivity index (χ1) is 8.39. The lowest BCUT2D eigenvalue weighted by atomic mass is 10.1. The van der Waals surface area contributed by atoms with E-state index in [2.05, 4.69) is 0 Å². The Morgan fingerprint density at radius 2 is 2.06 bits per heavy atom. The van der Waals surface area contributed by atoms with Crippen molar-refractivity contribution in [2.75, 3.05) is 13.2 Å². The molecule has 18 heavy (non-hydrogen) atoms. The van der Waals surface area contributed by atoms with E-state index in [0.29, 0.717) is 6.61 Å². The van der Waals surface area contributed by atoms with Crippen LogP contribution in [0.2, 0.25) is 10.0 Å². The predicted octanol–water partition coefficient (Wildman–Crippen LogP) is 4.01. The van der Waals surface area contributed by atoms with Crippen molar-refractivity contribution in [3.05, 3.63) is 33.8 Å². The predicted molar refractivity (Wildman–Crippen MR) is 61.0 cm³/mol. The van der Waals surface area contributed by atoms with E-state index in [9.17, 15) is 13.2 Å². The van der Waals surface area contributed by atoms with Gasteiger partial charge in [-0.3, -0.25) is 0 Å². The molecule has 1 aliphatic rings. The fraction of sp³-hybridized carbons (Fsp3) is 0.455. The van der Waals surface area contributed by atoms with Crippen molar-refractivity contribution < 1.29 is 22.6 Å². The second-order valence-corrected chi connectivity index (χ2v) is 4.64. The van der Waals surface area contributed by atoms with Crippen LogP contribution in [-0.4, -0.2) is 25.5 Å². The lowest BCUT2D eigenvalue weighted by molar-refractivity contribution is -0.224. The third kappa shape index (κ3) is 3.29. The zero-order valence-corrected chi connectivity index (χ0v) is 10.5. The highest BCUT2D eigenvalue weighted by Crippen LogP contribution is 2.41. The molecule has 0 radical (unpaired) electrons. The Morgan fingerprint density at radius 1 is 1.39 bits per heavy atom. The number of halogens is 5. The van der Waals surface area contributed by atoms with Gasteiger partial charge in [0.15, 0.2) is 6.10 Å². The highest BCUT2D eigenvalue weighted by Gasteiger charge is 2.44. The largest absolute Gasteiger partial charge is 0.418 e. The maximum absolute atomic E-state index is 12.9. The summed E-state index contributed by atoms with van der Waals surface area (Å²) in [6.45, 7) is 0.306. The molecule has 1 aromatic rings. The lowest BCUT2D eigenvalue weighted by Gasteiger charge is -2.22. The average Bonchev–Trinajstić information content (AvgIpc) is 3.06. The number of rotatable bonds is 4. The molecule has 0 N–H and O–H groups in total. The van der Waals surface area contributed by atoms with Gasteiger partial charge in [0.1, 0.15) is 6.10 Å². The third-order valence-electron chi connectivity index (χ3n) is 2.41. The second-order valence-electron chi connectivity index (χ2n) is 3.85. The number of epoxide rings is 1. The van der Waals surface area contributed by atoms with Crippen LogP contribution in [0.25, 0.3) is 0 Å². The van der Waals surface area contributed by atoms with E-state index in [1.165, 1.54) is 18.2 Å². The van der Waals surface area contributed by atoms with E-state index in [4.69, 9.17) is 32.7 Å². The van der Waals surface area contributed by atoms with E-state index < -0.39 is 12.3 Å². The topological polar surface area (TPSA) is 21.8 Å². The van der Waals surface area contributed by atoms with Crippen LogP contribution in [0.15, 0.2) is 18.2 Å². The van der Waals surface area contributed by atoms with E-state index in [1.54, 1.807) is 0 Å². The molecule has 0 amide bonds. The summed E-state index contributed by atoms with van der Waals surface area (Å²) in [5.74, 6) is 0. The van der Waals surface area contributed by atoms with Gasteiger partial charge in [-0.05, 0) is 6.07 Å². The maximum atomic E-state index is 12.9. The smallest absolute Gasteiger partial charge is 0.371 e. The van der Waals surface area contributed by atoms with E-state index in [-0.39, 0.29) is 28.3 Å². The van der Waals surface area contributed by atoms with E-state index >= 15 is 0 Å². The Bertz CT molecular complexity index is 433.